The highest BCUT2D eigenvalue weighted by molar-refractivity contribution is 5.95. The van der Waals surface area contributed by atoms with Gasteiger partial charge in [0, 0.05) is 67.4 Å². The van der Waals surface area contributed by atoms with Crippen LogP contribution in [0.3, 0.4) is 0 Å². The number of aromatic amines is 1. The van der Waals surface area contributed by atoms with E-state index in [4.69, 9.17) is 13.9 Å². The lowest BCUT2D eigenvalue weighted by molar-refractivity contribution is 0.0148. The molecule has 2 aromatic carbocycles. The molecule has 1 fully saturated rings. The summed E-state index contributed by atoms with van der Waals surface area (Å²) in [5.74, 6) is 1.13. The first kappa shape index (κ1) is 25.4. The van der Waals surface area contributed by atoms with Gasteiger partial charge in [0.1, 0.15) is 22.9 Å². The number of halogens is 1. The van der Waals surface area contributed by atoms with Gasteiger partial charge in [0.2, 0.25) is 11.8 Å². The number of rotatable bonds is 7. The fourth-order valence-corrected chi connectivity index (χ4v) is 5.67. The zero-order valence-electron chi connectivity index (χ0n) is 22.6. The smallest absolute Gasteiger partial charge is 0.247 e. The Balaban J connectivity index is 1.16. The van der Waals surface area contributed by atoms with Crippen LogP contribution in [-0.4, -0.2) is 68.1 Å². The Labute approximate surface area is 234 Å². The number of piperidine rings is 1. The van der Waals surface area contributed by atoms with Crippen LogP contribution in [0.25, 0.3) is 39.3 Å². The molecule has 0 bridgehead atoms. The number of methoxy groups -OCH3 is 2. The molecular weight excluding hydrogens is 525 g/mol. The van der Waals surface area contributed by atoms with Crippen molar-refractivity contribution in [3.63, 3.8) is 0 Å². The molecule has 4 aromatic heterocycles. The van der Waals surface area contributed by atoms with Gasteiger partial charge in [0.15, 0.2) is 0 Å². The summed E-state index contributed by atoms with van der Waals surface area (Å²) in [7, 11) is 3.24. The van der Waals surface area contributed by atoms with Gasteiger partial charge in [-0.25, -0.2) is 9.37 Å². The van der Waals surface area contributed by atoms with Crippen molar-refractivity contribution in [1.82, 2.24) is 34.7 Å². The lowest BCUT2D eigenvalue weighted by atomic mass is 9.95. The van der Waals surface area contributed by atoms with Gasteiger partial charge in [-0.3, -0.25) is 10.00 Å². The van der Waals surface area contributed by atoms with Gasteiger partial charge < -0.3 is 18.3 Å². The molecule has 0 radical (unpaired) electrons. The Morgan fingerprint density at radius 3 is 2.85 bits per heavy atom. The maximum absolute atomic E-state index is 14.7. The molecule has 1 saturated heterocycles. The third-order valence-electron chi connectivity index (χ3n) is 7.76. The summed E-state index contributed by atoms with van der Waals surface area (Å²) in [5.41, 5.74) is 4.89. The fourth-order valence-electron chi connectivity index (χ4n) is 5.67. The van der Waals surface area contributed by atoms with Gasteiger partial charge >= 0.3 is 0 Å². The fraction of sp³-hybridized carbons (Fsp3) is 0.267. The molecule has 1 aliphatic rings. The minimum Gasteiger partial charge on any atom is -0.496 e. The molecule has 6 aromatic rings. The minimum atomic E-state index is -0.292. The minimum absolute atomic E-state index is 0.0560. The highest BCUT2D eigenvalue weighted by Crippen LogP contribution is 2.34. The molecular formula is C30H28FN7O3. The molecule has 0 saturated carbocycles. The summed E-state index contributed by atoms with van der Waals surface area (Å²) in [6.45, 7) is 1.68. The highest BCUT2D eigenvalue weighted by atomic mass is 19.1. The van der Waals surface area contributed by atoms with E-state index in [9.17, 15) is 4.39 Å². The van der Waals surface area contributed by atoms with Crippen molar-refractivity contribution in [3.05, 3.63) is 84.4 Å². The quantitative estimate of drug-likeness (QED) is 0.292. The van der Waals surface area contributed by atoms with Crippen LogP contribution >= 0.6 is 0 Å². The third kappa shape index (κ3) is 4.72. The normalized spacial score (nSPS) is 17.9. The Kier molecular flexibility index (Phi) is 6.44. The highest BCUT2D eigenvalue weighted by Gasteiger charge is 2.32. The summed E-state index contributed by atoms with van der Waals surface area (Å²) >= 11 is 0. The van der Waals surface area contributed by atoms with Crippen LogP contribution < -0.4 is 4.74 Å². The Bertz CT molecular complexity index is 1840. The van der Waals surface area contributed by atoms with E-state index >= 15 is 0 Å². The molecule has 10 nitrogen and oxygen atoms in total. The summed E-state index contributed by atoms with van der Waals surface area (Å²) in [6, 6.07) is 14.8. The number of hydrogen-bond donors (Lipinski definition) is 1. The second-order valence-electron chi connectivity index (χ2n) is 10.3. The molecule has 0 aliphatic carbocycles. The SMILES string of the molecule is COc1cccc(F)c1CN1CC(c2nnc(-c3ccc4[nH]nc(-c5ccc6nccn6c5)c4c3)o2)C[C@@H](OC)C1. The summed E-state index contributed by atoms with van der Waals surface area (Å²) < 4.78 is 34.0. The molecule has 11 heteroatoms. The third-order valence-corrected chi connectivity index (χ3v) is 7.76. The average Bonchev–Trinajstić information content (AvgIpc) is 3.77. The van der Waals surface area contributed by atoms with E-state index in [-0.39, 0.29) is 17.8 Å². The number of imidazole rings is 1. The van der Waals surface area contributed by atoms with Crippen molar-refractivity contribution in [2.24, 2.45) is 0 Å². The van der Waals surface area contributed by atoms with Crippen molar-refractivity contribution in [3.8, 4) is 28.5 Å². The van der Waals surface area contributed by atoms with E-state index in [1.54, 1.807) is 32.5 Å². The zero-order valence-corrected chi connectivity index (χ0v) is 22.6. The van der Waals surface area contributed by atoms with Crippen molar-refractivity contribution < 1.29 is 18.3 Å². The molecule has 7 rings (SSSR count). The molecule has 1 unspecified atom stereocenters. The number of nitrogens with one attached hydrogen (secondary N) is 1. The average molecular weight is 554 g/mol. The van der Waals surface area contributed by atoms with Crippen LogP contribution in [0.15, 0.2) is 71.5 Å². The Morgan fingerprint density at radius 1 is 1.07 bits per heavy atom. The van der Waals surface area contributed by atoms with Crippen LogP contribution in [0, 0.1) is 5.82 Å². The van der Waals surface area contributed by atoms with E-state index in [2.05, 4.69) is 30.3 Å². The number of H-pyrrole nitrogens is 1. The van der Waals surface area contributed by atoms with Crippen molar-refractivity contribution >= 4 is 16.6 Å². The van der Waals surface area contributed by atoms with Crippen LogP contribution in [0.4, 0.5) is 4.39 Å². The maximum Gasteiger partial charge on any atom is 0.247 e. The summed E-state index contributed by atoms with van der Waals surface area (Å²) in [6.07, 6.45) is 6.36. The van der Waals surface area contributed by atoms with Crippen molar-refractivity contribution in [1.29, 1.82) is 0 Å². The van der Waals surface area contributed by atoms with Crippen LogP contribution in [0.5, 0.6) is 5.75 Å². The molecule has 41 heavy (non-hydrogen) atoms. The number of nitrogens with zero attached hydrogens (tertiary/aromatic N) is 6. The molecule has 2 atom stereocenters. The number of fused-ring (bicyclic) bond motifs is 2. The summed E-state index contributed by atoms with van der Waals surface area (Å²) in [5, 5.41) is 17.4. The number of benzene rings is 2. The first-order chi connectivity index (χ1) is 20.1. The molecule has 1 N–H and O–H groups in total. The van der Waals surface area contributed by atoms with E-state index in [1.807, 2.05) is 47.1 Å². The van der Waals surface area contributed by atoms with Crippen molar-refractivity contribution in [2.45, 2.75) is 25.0 Å². The number of pyridine rings is 1. The second-order valence-corrected chi connectivity index (χ2v) is 10.3. The van der Waals surface area contributed by atoms with Crippen molar-refractivity contribution in [2.75, 3.05) is 27.3 Å². The maximum atomic E-state index is 14.7. The first-order valence-corrected chi connectivity index (χ1v) is 13.4. The van der Waals surface area contributed by atoms with Gasteiger partial charge in [-0.05, 0) is 48.9 Å². The molecule has 1 aliphatic heterocycles. The number of ether oxygens (including phenoxy) is 2. The van der Waals surface area contributed by atoms with E-state index < -0.39 is 0 Å². The van der Waals surface area contributed by atoms with E-state index in [1.165, 1.54) is 6.07 Å². The molecule has 0 spiro atoms. The van der Waals surface area contributed by atoms with Gasteiger partial charge in [-0.2, -0.15) is 5.10 Å². The van der Waals surface area contributed by atoms with Crippen LogP contribution in [-0.2, 0) is 11.3 Å². The predicted molar refractivity (Wildman–Crippen MR) is 150 cm³/mol. The van der Waals surface area contributed by atoms with Crippen LogP contribution in [0.2, 0.25) is 0 Å². The van der Waals surface area contributed by atoms with E-state index in [0.717, 1.165) is 39.8 Å². The lowest BCUT2D eigenvalue weighted by Gasteiger charge is -2.36. The zero-order chi connectivity index (χ0) is 27.9. The van der Waals surface area contributed by atoms with E-state index in [0.29, 0.717) is 42.7 Å². The van der Waals surface area contributed by atoms with Gasteiger partial charge in [0.05, 0.1) is 24.6 Å². The standard InChI is InChI=1S/C30H28FN7O3/c1-39-21-12-20(14-37(16-21)17-23-24(31)4-3-5-26(23)40-2)30-36-35-29(41-30)18-6-8-25-22(13-18)28(34-33-25)19-7-9-27-32-10-11-38(27)15-19/h3-11,13,15,20-21H,12,14,16-17H2,1-2H3,(H,33,34)/t20?,21-/m1/s1. The second kappa shape index (κ2) is 10.4. The van der Waals surface area contributed by atoms with Gasteiger partial charge in [-0.1, -0.05) is 6.07 Å². The van der Waals surface area contributed by atoms with Gasteiger partial charge in [-0.15, -0.1) is 10.2 Å². The lowest BCUT2D eigenvalue weighted by Crippen LogP contribution is -2.42. The molecule has 0 amide bonds. The monoisotopic (exact) mass is 553 g/mol. The topological polar surface area (TPSA) is 107 Å². The number of hydrogen-bond acceptors (Lipinski definition) is 8. The molecule has 5 heterocycles. The predicted octanol–water partition coefficient (Wildman–Crippen LogP) is 5.08. The number of likely N-dealkylation sites (tertiary alicyclic amines) is 1. The van der Waals surface area contributed by atoms with Crippen LogP contribution in [0.1, 0.15) is 23.8 Å². The number of aromatic nitrogens is 6. The van der Waals surface area contributed by atoms with Gasteiger partial charge in [0.25, 0.3) is 0 Å². The first-order valence-electron chi connectivity index (χ1n) is 13.4. The molecule has 208 valence electrons. The Hall–Kier alpha value is -4.61. The Morgan fingerprint density at radius 2 is 1.98 bits per heavy atom. The summed E-state index contributed by atoms with van der Waals surface area (Å²) in [4.78, 5) is 6.47. The largest absolute Gasteiger partial charge is 0.496 e.